The van der Waals surface area contributed by atoms with Gasteiger partial charge < -0.3 is 29.2 Å². The van der Waals surface area contributed by atoms with Crippen LogP contribution in [0, 0.1) is 0 Å². The van der Waals surface area contributed by atoms with E-state index in [1.165, 1.54) is 6.20 Å². The van der Waals surface area contributed by atoms with Crippen molar-refractivity contribution in [3.8, 4) is 11.5 Å². The highest BCUT2D eigenvalue weighted by molar-refractivity contribution is 5.92. The van der Waals surface area contributed by atoms with E-state index in [-0.39, 0.29) is 5.91 Å². The molecular formula is C20H22N4O5. The van der Waals surface area contributed by atoms with Gasteiger partial charge in [0.05, 0.1) is 25.6 Å². The van der Waals surface area contributed by atoms with E-state index >= 15 is 0 Å². The number of rotatable bonds is 3. The van der Waals surface area contributed by atoms with E-state index in [2.05, 4.69) is 15.3 Å². The number of carbonyl (C=O) groups excluding carboxylic acids is 1. The molecule has 0 radical (unpaired) electrons. The lowest BCUT2D eigenvalue weighted by atomic mass is 10.0. The number of aromatic nitrogens is 2. The Hall–Kier alpha value is -2.91. The van der Waals surface area contributed by atoms with Gasteiger partial charge in [-0.1, -0.05) is 0 Å². The lowest BCUT2D eigenvalue weighted by molar-refractivity contribution is -0.181. The average Bonchev–Trinajstić information content (AvgIpc) is 3.22. The van der Waals surface area contributed by atoms with Gasteiger partial charge >= 0.3 is 0 Å². The van der Waals surface area contributed by atoms with Crippen LogP contribution in [0.3, 0.4) is 0 Å². The largest absolute Gasteiger partial charge is 0.486 e. The molecule has 0 aliphatic carbocycles. The molecular weight excluding hydrogens is 376 g/mol. The van der Waals surface area contributed by atoms with Gasteiger partial charge in [-0.05, 0) is 12.1 Å². The first-order valence-electron chi connectivity index (χ1n) is 9.77. The molecule has 152 valence electrons. The third-order valence-corrected chi connectivity index (χ3v) is 5.31. The molecule has 3 aliphatic rings. The smallest absolute Gasteiger partial charge is 0.274 e. The topological polar surface area (TPSA) is 95.0 Å². The molecule has 1 amide bonds. The standard InChI is InChI=1S/C20H22N4O5/c25-19(24-5-3-20(4-6-24)28-9-10-29-20)15-12-22-18(13-21-15)23-14-1-2-16-17(11-14)27-8-7-26-16/h1-2,11-13H,3-10H2,(H,22,23). The van der Waals surface area contributed by atoms with Crippen molar-refractivity contribution in [3.05, 3.63) is 36.3 Å². The Labute approximate surface area is 167 Å². The van der Waals surface area contributed by atoms with Gasteiger partial charge in [0.1, 0.15) is 24.7 Å². The SMILES string of the molecule is O=C(c1cnc(Nc2ccc3c(c2)OCCO3)cn1)N1CCC2(CC1)OCCO2. The number of ether oxygens (including phenoxy) is 4. The molecule has 0 unspecified atom stereocenters. The van der Waals surface area contributed by atoms with Gasteiger partial charge in [0.2, 0.25) is 0 Å². The highest BCUT2D eigenvalue weighted by Crippen LogP contribution is 2.34. The summed E-state index contributed by atoms with van der Waals surface area (Å²) in [5.41, 5.74) is 1.13. The zero-order chi connectivity index (χ0) is 19.7. The fourth-order valence-corrected chi connectivity index (χ4v) is 3.77. The zero-order valence-electron chi connectivity index (χ0n) is 15.9. The molecule has 9 nitrogen and oxygen atoms in total. The summed E-state index contributed by atoms with van der Waals surface area (Å²) in [6.45, 7) is 3.49. The number of carbonyl (C=O) groups is 1. The number of hydrogen-bond acceptors (Lipinski definition) is 8. The third-order valence-electron chi connectivity index (χ3n) is 5.31. The second-order valence-corrected chi connectivity index (χ2v) is 7.17. The van der Waals surface area contributed by atoms with E-state index in [0.29, 0.717) is 69.6 Å². The predicted octanol–water partition coefficient (Wildman–Crippen LogP) is 1.97. The molecule has 0 bridgehead atoms. The minimum atomic E-state index is -0.500. The molecule has 5 rings (SSSR count). The molecule has 2 saturated heterocycles. The van der Waals surface area contributed by atoms with Crippen molar-refractivity contribution >= 4 is 17.4 Å². The Balaban J connectivity index is 1.21. The van der Waals surface area contributed by atoms with Crippen molar-refractivity contribution in [2.45, 2.75) is 18.6 Å². The molecule has 29 heavy (non-hydrogen) atoms. The predicted molar refractivity (Wildman–Crippen MR) is 103 cm³/mol. The number of piperidine rings is 1. The summed E-state index contributed by atoms with van der Waals surface area (Å²) in [4.78, 5) is 23.1. The van der Waals surface area contributed by atoms with Gasteiger partial charge in [0.15, 0.2) is 17.3 Å². The van der Waals surface area contributed by atoms with Crippen LogP contribution in [0.1, 0.15) is 23.3 Å². The Morgan fingerprint density at radius 2 is 1.72 bits per heavy atom. The van der Waals surface area contributed by atoms with Gasteiger partial charge in [-0.15, -0.1) is 0 Å². The summed E-state index contributed by atoms with van der Waals surface area (Å²) in [5, 5.41) is 3.17. The van der Waals surface area contributed by atoms with Crippen LogP contribution >= 0.6 is 0 Å². The minimum absolute atomic E-state index is 0.128. The van der Waals surface area contributed by atoms with Crippen LogP contribution < -0.4 is 14.8 Å². The highest BCUT2D eigenvalue weighted by atomic mass is 16.7. The van der Waals surface area contributed by atoms with Crippen molar-refractivity contribution in [2.75, 3.05) is 44.8 Å². The average molecular weight is 398 g/mol. The van der Waals surface area contributed by atoms with E-state index < -0.39 is 5.79 Å². The molecule has 0 saturated carbocycles. The van der Waals surface area contributed by atoms with Crippen LogP contribution in [0.4, 0.5) is 11.5 Å². The fourth-order valence-electron chi connectivity index (χ4n) is 3.77. The van der Waals surface area contributed by atoms with Crippen molar-refractivity contribution in [2.24, 2.45) is 0 Å². The first kappa shape index (κ1) is 18.1. The molecule has 1 N–H and O–H groups in total. The van der Waals surface area contributed by atoms with Crippen LogP contribution in [0.5, 0.6) is 11.5 Å². The molecule has 0 atom stereocenters. The van der Waals surface area contributed by atoms with Crippen LogP contribution in [0.2, 0.25) is 0 Å². The van der Waals surface area contributed by atoms with Crippen LogP contribution in [0.25, 0.3) is 0 Å². The number of fused-ring (bicyclic) bond motifs is 1. The summed E-state index contributed by atoms with van der Waals surface area (Å²) in [6.07, 6.45) is 4.40. The van der Waals surface area contributed by atoms with Crippen molar-refractivity contribution in [3.63, 3.8) is 0 Å². The normalized spacial score (nSPS) is 19.9. The first-order chi connectivity index (χ1) is 14.2. The maximum Gasteiger partial charge on any atom is 0.274 e. The second kappa shape index (κ2) is 7.49. The number of hydrogen-bond donors (Lipinski definition) is 1. The quantitative estimate of drug-likeness (QED) is 0.839. The molecule has 2 fully saturated rings. The number of nitrogens with one attached hydrogen (secondary N) is 1. The molecule has 4 heterocycles. The Morgan fingerprint density at radius 3 is 2.45 bits per heavy atom. The Bertz CT molecular complexity index is 888. The van der Waals surface area contributed by atoms with Crippen LogP contribution in [-0.2, 0) is 9.47 Å². The van der Waals surface area contributed by atoms with E-state index in [4.69, 9.17) is 18.9 Å². The summed E-state index contributed by atoms with van der Waals surface area (Å²) in [7, 11) is 0. The zero-order valence-corrected chi connectivity index (χ0v) is 15.9. The van der Waals surface area contributed by atoms with Crippen LogP contribution in [0.15, 0.2) is 30.6 Å². The molecule has 1 aromatic carbocycles. The summed E-state index contributed by atoms with van der Waals surface area (Å²) >= 11 is 0. The second-order valence-electron chi connectivity index (χ2n) is 7.17. The lowest BCUT2D eigenvalue weighted by Gasteiger charge is -2.37. The van der Waals surface area contributed by atoms with E-state index in [1.807, 2.05) is 18.2 Å². The van der Waals surface area contributed by atoms with Gasteiger partial charge in [0.25, 0.3) is 5.91 Å². The maximum atomic E-state index is 12.7. The molecule has 1 aromatic heterocycles. The summed E-state index contributed by atoms with van der Waals surface area (Å²) in [5.74, 6) is 1.34. The number of amides is 1. The molecule has 2 aromatic rings. The Kier molecular flexibility index (Phi) is 4.69. The third kappa shape index (κ3) is 3.70. The van der Waals surface area contributed by atoms with E-state index in [9.17, 15) is 4.79 Å². The number of likely N-dealkylation sites (tertiary alicyclic amines) is 1. The number of nitrogens with zero attached hydrogens (tertiary/aromatic N) is 3. The molecule has 3 aliphatic heterocycles. The molecule has 9 heteroatoms. The van der Waals surface area contributed by atoms with Gasteiger partial charge in [-0.2, -0.15) is 0 Å². The van der Waals surface area contributed by atoms with E-state index in [0.717, 1.165) is 11.4 Å². The van der Waals surface area contributed by atoms with Gasteiger partial charge in [0, 0.05) is 37.7 Å². The number of benzene rings is 1. The van der Waals surface area contributed by atoms with Crippen LogP contribution in [-0.4, -0.2) is 66.1 Å². The lowest BCUT2D eigenvalue weighted by Crippen LogP contribution is -2.47. The monoisotopic (exact) mass is 398 g/mol. The van der Waals surface area contributed by atoms with E-state index in [1.54, 1.807) is 11.1 Å². The first-order valence-corrected chi connectivity index (χ1v) is 9.77. The van der Waals surface area contributed by atoms with Gasteiger partial charge in [-0.25, -0.2) is 9.97 Å². The fraction of sp³-hybridized carbons (Fsp3) is 0.450. The van der Waals surface area contributed by atoms with Gasteiger partial charge in [-0.3, -0.25) is 4.79 Å². The minimum Gasteiger partial charge on any atom is -0.486 e. The Morgan fingerprint density at radius 1 is 0.966 bits per heavy atom. The van der Waals surface area contributed by atoms with Crippen molar-refractivity contribution in [1.29, 1.82) is 0 Å². The summed E-state index contributed by atoms with van der Waals surface area (Å²) in [6, 6.07) is 5.58. The molecule has 1 spiro atoms. The highest BCUT2D eigenvalue weighted by Gasteiger charge is 2.41. The van der Waals surface area contributed by atoms with Crippen molar-refractivity contribution in [1.82, 2.24) is 14.9 Å². The maximum absolute atomic E-state index is 12.7. The van der Waals surface area contributed by atoms with Crippen molar-refractivity contribution < 1.29 is 23.7 Å². The summed E-state index contributed by atoms with van der Waals surface area (Å²) < 4.78 is 22.5. The number of anilines is 2.